The summed E-state index contributed by atoms with van der Waals surface area (Å²) in [5.74, 6) is 2.33. The Morgan fingerprint density at radius 2 is 2.00 bits per heavy atom. The van der Waals surface area contributed by atoms with Gasteiger partial charge in [-0.15, -0.1) is 0 Å². The van der Waals surface area contributed by atoms with Crippen LogP contribution in [0.15, 0.2) is 18.2 Å². The molecule has 0 saturated carbocycles. The first-order chi connectivity index (χ1) is 9.65. The van der Waals surface area contributed by atoms with E-state index in [0.29, 0.717) is 6.61 Å². The van der Waals surface area contributed by atoms with Gasteiger partial charge in [0.15, 0.2) is 11.5 Å². The van der Waals surface area contributed by atoms with Crippen LogP contribution in [0.3, 0.4) is 0 Å². The van der Waals surface area contributed by atoms with Crippen LogP contribution >= 0.6 is 12.2 Å². The molecule has 0 atom stereocenters. The molecule has 1 heterocycles. The Morgan fingerprint density at radius 1 is 1.30 bits per heavy atom. The molecule has 0 radical (unpaired) electrons. The Labute approximate surface area is 126 Å². The lowest BCUT2D eigenvalue weighted by Gasteiger charge is -2.32. The summed E-state index contributed by atoms with van der Waals surface area (Å²) in [4.78, 5) is 3.21. The van der Waals surface area contributed by atoms with Crippen LogP contribution in [0, 0.1) is 5.92 Å². The van der Waals surface area contributed by atoms with Gasteiger partial charge < -0.3 is 14.4 Å². The molecule has 0 aliphatic carbocycles. The largest absolute Gasteiger partial charge is 0.493 e. The van der Waals surface area contributed by atoms with Gasteiger partial charge in [-0.2, -0.15) is 0 Å². The van der Waals surface area contributed by atoms with Gasteiger partial charge in [0, 0.05) is 18.7 Å². The number of ether oxygens (including phenoxy) is 2. The minimum absolute atomic E-state index is 0.629. The van der Waals surface area contributed by atoms with Crippen molar-refractivity contribution >= 4 is 17.2 Å². The molecule has 1 aromatic rings. The maximum absolute atomic E-state index is 5.62. The van der Waals surface area contributed by atoms with Crippen molar-refractivity contribution in [1.29, 1.82) is 0 Å². The van der Waals surface area contributed by atoms with Gasteiger partial charge in [-0.1, -0.05) is 19.1 Å². The average molecular weight is 293 g/mol. The number of hydrogen-bond acceptors (Lipinski definition) is 3. The second kappa shape index (κ2) is 6.93. The van der Waals surface area contributed by atoms with E-state index in [1.54, 1.807) is 7.11 Å². The third-order valence-corrected chi connectivity index (χ3v) is 4.28. The van der Waals surface area contributed by atoms with Crippen molar-refractivity contribution in [2.75, 3.05) is 26.8 Å². The maximum Gasteiger partial charge on any atom is 0.161 e. The molecule has 1 fully saturated rings. The molecule has 1 aliphatic rings. The molecule has 2 rings (SSSR count). The van der Waals surface area contributed by atoms with Crippen LogP contribution in [0.2, 0.25) is 0 Å². The van der Waals surface area contributed by atoms with E-state index < -0.39 is 0 Å². The Bertz CT molecular complexity index is 468. The van der Waals surface area contributed by atoms with Gasteiger partial charge in [0.1, 0.15) is 4.99 Å². The lowest BCUT2D eigenvalue weighted by molar-refractivity contribution is 0.284. The van der Waals surface area contributed by atoms with Crippen LogP contribution in [0.5, 0.6) is 11.5 Å². The van der Waals surface area contributed by atoms with Gasteiger partial charge in [-0.3, -0.25) is 0 Å². The molecule has 0 bridgehead atoms. The highest BCUT2D eigenvalue weighted by atomic mass is 32.1. The van der Waals surface area contributed by atoms with Crippen LogP contribution in [-0.2, 0) is 0 Å². The monoisotopic (exact) mass is 293 g/mol. The van der Waals surface area contributed by atoms with Gasteiger partial charge in [0.05, 0.1) is 13.7 Å². The smallest absolute Gasteiger partial charge is 0.161 e. The molecule has 3 nitrogen and oxygen atoms in total. The number of rotatable bonds is 4. The topological polar surface area (TPSA) is 21.7 Å². The predicted molar refractivity (Wildman–Crippen MR) is 85.8 cm³/mol. The molecule has 1 saturated heterocycles. The first kappa shape index (κ1) is 15.1. The van der Waals surface area contributed by atoms with E-state index in [2.05, 4.69) is 11.8 Å². The Hall–Kier alpha value is -1.29. The lowest BCUT2D eigenvalue weighted by Crippen LogP contribution is -2.37. The van der Waals surface area contributed by atoms with E-state index in [4.69, 9.17) is 21.7 Å². The highest BCUT2D eigenvalue weighted by Crippen LogP contribution is 2.29. The maximum atomic E-state index is 5.62. The van der Waals surface area contributed by atoms with Crippen LogP contribution in [0.25, 0.3) is 0 Å². The summed E-state index contributed by atoms with van der Waals surface area (Å²) < 4.78 is 10.9. The van der Waals surface area contributed by atoms with Crippen LogP contribution in [-0.4, -0.2) is 36.7 Å². The normalized spacial score (nSPS) is 16.1. The average Bonchev–Trinajstić information content (AvgIpc) is 2.48. The number of thiocarbonyl (C=S) groups is 1. The lowest BCUT2D eigenvalue weighted by atomic mass is 9.99. The van der Waals surface area contributed by atoms with Gasteiger partial charge in [-0.05, 0) is 43.9 Å². The molecule has 0 unspecified atom stereocenters. The fourth-order valence-corrected chi connectivity index (χ4v) is 2.78. The van der Waals surface area contributed by atoms with Crippen LogP contribution in [0.1, 0.15) is 32.3 Å². The number of hydrogen-bond donors (Lipinski definition) is 0. The van der Waals surface area contributed by atoms with Crippen molar-refractivity contribution in [1.82, 2.24) is 4.90 Å². The first-order valence-electron chi connectivity index (χ1n) is 7.25. The minimum Gasteiger partial charge on any atom is -0.493 e. The second-order valence-corrected chi connectivity index (χ2v) is 5.66. The van der Waals surface area contributed by atoms with E-state index >= 15 is 0 Å². The van der Waals surface area contributed by atoms with Crippen molar-refractivity contribution in [2.45, 2.75) is 26.7 Å². The van der Waals surface area contributed by atoms with E-state index in [1.807, 2.05) is 25.1 Å². The van der Waals surface area contributed by atoms with E-state index in [0.717, 1.165) is 41.1 Å². The van der Waals surface area contributed by atoms with Crippen molar-refractivity contribution in [3.63, 3.8) is 0 Å². The van der Waals surface area contributed by atoms with Gasteiger partial charge >= 0.3 is 0 Å². The summed E-state index contributed by atoms with van der Waals surface area (Å²) in [7, 11) is 1.66. The molecular weight excluding hydrogens is 270 g/mol. The summed E-state index contributed by atoms with van der Waals surface area (Å²) in [5, 5.41) is 0. The van der Waals surface area contributed by atoms with Crippen molar-refractivity contribution in [3.8, 4) is 11.5 Å². The highest BCUT2D eigenvalue weighted by Gasteiger charge is 2.19. The van der Waals surface area contributed by atoms with E-state index in [-0.39, 0.29) is 0 Å². The Morgan fingerprint density at radius 3 is 2.60 bits per heavy atom. The van der Waals surface area contributed by atoms with Crippen molar-refractivity contribution < 1.29 is 9.47 Å². The number of nitrogens with zero attached hydrogens (tertiary/aromatic N) is 1. The molecule has 0 N–H and O–H groups in total. The van der Waals surface area contributed by atoms with E-state index in [1.165, 1.54) is 12.8 Å². The van der Waals surface area contributed by atoms with E-state index in [9.17, 15) is 0 Å². The highest BCUT2D eigenvalue weighted by molar-refractivity contribution is 7.80. The molecular formula is C16H23NO2S. The fourth-order valence-electron chi connectivity index (χ4n) is 2.47. The molecule has 4 heteroatoms. The molecule has 0 amide bonds. The first-order valence-corrected chi connectivity index (χ1v) is 7.66. The minimum atomic E-state index is 0.629. The molecule has 1 aromatic carbocycles. The third kappa shape index (κ3) is 3.42. The SMILES string of the molecule is CCOc1ccc(C(=S)N2CCC(C)CC2)cc1OC. The number of methoxy groups -OCH3 is 1. The van der Waals surface area contributed by atoms with Gasteiger partial charge in [0.25, 0.3) is 0 Å². The van der Waals surface area contributed by atoms with Crippen LogP contribution in [0.4, 0.5) is 0 Å². The Kier molecular flexibility index (Phi) is 5.24. The summed E-state index contributed by atoms with van der Waals surface area (Å²) in [6.45, 7) is 7.00. The second-order valence-electron chi connectivity index (χ2n) is 5.27. The molecule has 0 aromatic heterocycles. The third-order valence-electron chi connectivity index (χ3n) is 3.78. The zero-order valence-corrected chi connectivity index (χ0v) is 13.3. The van der Waals surface area contributed by atoms with Gasteiger partial charge in [0.2, 0.25) is 0 Å². The Balaban J connectivity index is 2.13. The predicted octanol–water partition coefficient (Wildman–Crippen LogP) is 3.50. The number of benzene rings is 1. The molecule has 1 aliphatic heterocycles. The zero-order chi connectivity index (χ0) is 14.5. The van der Waals surface area contributed by atoms with Crippen molar-refractivity contribution in [2.24, 2.45) is 5.92 Å². The summed E-state index contributed by atoms with van der Waals surface area (Å²) in [5.41, 5.74) is 1.04. The fraction of sp³-hybridized carbons (Fsp3) is 0.562. The molecule has 20 heavy (non-hydrogen) atoms. The zero-order valence-electron chi connectivity index (χ0n) is 12.5. The van der Waals surface area contributed by atoms with Crippen LogP contribution < -0.4 is 9.47 Å². The standard InChI is InChI=1S/C16H23NO2S/c1-4-19-14-6-5-13(11-15(14)18-3)16(20)17-9-7-12(2)8-10-17/h5-6,11-12H,4,7-10H2,1-3H3. The summed E-state index contributed by atoms with van der Waals surface area (Å²) >= 11 is 5.62. The molecule has 110 valence electrons. The number of piperidine rings is 1. The van der Waals surface area contributed by atoms with Gasteiger partial charge in [-0.25, -0.2) is 0 Å². The summed E-state index contributed by atoms with van der Waals surface area (Å²) in [6, 6.07) is 5.94. The molecule has 0 spiro atoms. The quantitative estimate of drug-likeness (QED) is 0.792. The summed E-state index contributed by atoms with van der Waals surface area (Å²) in [6.07, 6.45) is 2.43. The number of likely N-dealkylation sites (tertiary alicyclic amines) is 1. The van der Waals surface area contributed by atoms with Crippen molar-refractivity contribution in [3.05, 3.63) is 23.8 Å².